The van der Waals surface area contributed by atoms with Gasteiger partial charge in [-0.2, -0.15) is 0 Å². The highest BCUT2D eigenvalue weighted by Gasteiger charge is 2.11. The lowest BCUT2D eigenvalue weighted by molar-refractivity contribution is -0.124. The third-order valence-electron chi connectivity index (χ3n) is 2.77. The number of nitrogens with one attached hydrogen (secondary N) is 2. The summed E-state index contributed by atoms with van der Waals surface area (Å²) < 4.78 is 0. The Morgan fingerprint density at radius 1 is 1.18 bits per heavy atom. The fourth-order valence-electron chi connectivity index (χ4n) is 1.83. The molecule has 2 N–H and O–H groups in total. The van der Waals surface area contributed by atoms with E-state index in [9.17, 15) is 9.59 Å². The highest BCUT2D eigenvalue weighted by molar-refractivity contribution is 6.35. The van der Waals surface area contributed by atoms with E-state index in [1.54, 1.807) is 30.1 Å². The molecule has 0 heterocycles. The van der Waals surface area contributed by atoms with Crippen molar-refractivity contribution in [1.29, 1.82) is 0 Å². The zero-order chi connectivity index (χ0) is 16.7. The quantitative estimate of drug-likeness (QED) is 0.795. The summed E-state index contributed by atoms with van der Waals surface area (Å²) in [7, 11) is 1.72. The number of carbonyl (C=O) groups is 2. The number of rotatable bonds is 7. The first kappa shape index (κ1) is 18.7. The third kappa shape index (κ3) is 7.11. The average Bonchev–Trinajstić information content (AvgIpc) is 2.36. The van der Waals surface area contributed by atoms with Crippen LogP contribution in [0, 0.1) is 0 Å². The van der Waals surface area contributed by atoms with Gasteiger partial charge in [-0.3, -0.25) is 14.5 Å². The molecule has 5 nitrogen and oxygen atoms in total. The van der Waals surface area contributed by atoms with Crippen molar-refractivity contribution in [2.24, 2.45) is 0 Å². The van der Waals surface area contributed by atoms with E-state index in [2.05, 4.69) is 10.6 Å². The summed E-state index contributed by atoms with van der Waals surface area (Å²) >= 11 is 11.9. The van der Waals surface area contributed by atoms with E-state index in [1.807, 2.05) is 13.8 Å². The second kappa shape index (κ2) is 8.98. The first-order chi connectivity index (χ1) is 10.3. The minimum absolute atomic E-state index is 0.0850. The molecule has 0 aromatic heterocycles. The smallest absolute Gasteiger partial charge is 0.234 e. The fraction of sp³-hybridized carbons (Fsp3) is 0.467. The van der Waals surface area contributed by atoms with Crippen molar-refractivity contribution in [3.63, 3.8) is 0 Å². The predicted octanol–water partition coefficient (Wildman–Crippen LogP) is 2.07. The molecule has 0 radical (unpaired) electrons. The van der Waals surface area contributed by atoms with Crippen molar-refractivity contribution in [3.8, 4) is 0 Å². The van der Waals surface area contributed by atoms with Crippen LogP contribution in [0.2, 0.25) is 10.0 Å². The maximum atomic E-state index is 11.9. The number of halogens is 2. The molecule has 122 valence electrons. The Balaban J connectivity index is 2.38. The number of nitrogens with zero attached hydrogens (tertiary/aromatic N) is 1. The van der Waals surface area contributed by atoms with E-state index < -0.39 is 0 Å². The van der Waals surface area contributed by atoms with Crippen molar-refractivity contribution < 1.29 is 9.59 Å². The van der Waals surface area contributed by atoms with Crippen LogP contribution in [-0.2, 0) is 16.1 Å². The van der Waals surface area contributed by atoms with Gasteiger partial charge in [0.05, 0.1) is 13.1 Å². The van der Waals surface area contributed by atoms with Crippen LogP contribution in [0.15, 0.2) is 18.2 Å². The third-order valence-corrected chi connectivity index (χ3v) is 3.35. The normalized spacial score (nSPS) is 10.9. The van der Waals surface area contributed by atoms with E-state index in [0.29, 0.717) is 16.6 Å². The molecule has 0 aliphatic carbocycles. The lowest BCUT2D eigenvalue weighted by Gasteiger charge is -2.17. The zero-order valence-electron chi connectivity index (χ0n) is 13.0. The molecule has 0 saturated heterocycles. The first-order valence-electron chi connectivity index (χ1n) is 6.96. The van der Waals surface area contributed by atoms with E-state index in [4.69, 9.17) is 23.2 Å². The molecular formula is C15H21Cl2N3O2. The van der Waals surface area contributed by atoms with Gasteiger partial charge in [0.1, 0.15) is 0 Å². The van der Waals surface area contributed by atoms with Crippen LogP contribution in [0.25, 0.3) is 0 Å². The molecule has 2 amide bonds. The maximum absolute atomic E-state index is 11.9. The number of carbonyl (C=O) groups excluding carboxylic acids is 2. The van der Waals surface area contributed by atoms with Crippen LogP contribution in [0.3, 0.4) is 0 Å². The predicted molar refractivity (Wildman–Crippen MR) is 89.1 cm³/mol. The molecule has 0 bridgehead atoms. The van der Waals surface area contributed by atoms with Crippen molar-refractivity contribution in [3.05, 3.63) is 33.8 Å². The summed E-state index contributed by atoms with van der Waals surface area (Å²) in [4.78, 5) is 25.1. The summed E-state index contributed by atoms with van der Waals surface area (Å²) in [5.41, 5.74) is 0.791. The zero-order valence-corrected chi connectivity index (χ0v) is 14.5. The molecule has 0 spiro atoms. The van der Waals surface area contributed by atoms with Gasteiger partial charge in [-0.05, 0) is 38.6 Å². The first-order valence-corrected chi connectivity index (χ1v) is 7.72. The van der Waals surface area contributed by atoms with Gasteiger partial charge in [-0.25, -0.2) is 0 Å². The van der Waals surface area contributed by atoms with Crippen LogP contribution in [0.5, 0.6) is 0 Å². The van der Waals surface area contributed by atoms with Gasteiger partial charge in [0, 0.05) is 22.6 Å². The van der Waals surface area contributed by atoms with Crippen molar-refractivity contribution >= 4 is 35.0 Å². The largest absolute Gasteiger partial charge is 0.353 e. The number of likely N-dealkylation sites (N-methyl/N-ethyl adjacent to an activating group) is 1. The summed E-state index contributed by atoms with van der Waals surface area (Å²) in [5.74, 6) is -0.281. The van der Waals surface area contributed by atoms with E-state index >= 15 is 0 Å². The monoisotopic (exact) mass is 345 g/mol. The number of benzene rings is 1. The molecule has 0 saturated carbocycles. The lowest BCUT2D eigenvalue weighted by Crippen LogP contribution is -2.42. The molecule has 1 aromatic rings. The van der Waals surface area contributed by atoms with Gasteiger partial charge >= 0.3 is 0 Å². The van der Waals surface area contributed by atoms with Crippen LogP contribution < -0.4 is 10.6 Å². The summed E-state index contributed by atoms with van der Waals surface area (Å²) in [6.45, 7) is 4.41. The van der Waals surface area contributed by atoms with E-state index in [0.717, 1.165) is 5.56 Å². The van der Waals surface area contributed by atoms with Crippen molar-refractivity contribution in [2.45, 2.75) is 26.4 Å². The average molecular weight is 346 g/mol. The Bertz CT molecular complexity index is 536. The fourth-order valence-corrected chi connectivity index (χ4v) is 2.30. The van der Waals surface area contributed by atoms with Crippen molar-refractivity contribution in [2.75, 3.05) is 20.1 Å². The van der Waals surface area contributed by atoms with Gasteiger partial charge in [0.25, 0.3) is 0 Å². The SMILES string of the molecule is CC(C)NC(=O)CN(C)CC(=O)NCc1ccc(Cl)cc1Cl. The molecule has 22 heavy (non-hydrogen) atoms. The molecule has 1 aromatic carbocycles. The summed E-state index contributed by atoms with van der Waals surface area (Å²) in [6.07, 6.45) is 0. The van der Waals surface area contributed by atoms with E-state index in [1.165, 1.54) is 0 Å². The standard InChI is InChI=1S/C15H21Cl2N3O2/c1-10(2)19-15(22)9-20(3)8-14(21)18-7-11-4-5-12(16)6-13(11)17/h4-6,10H,7-9H2,1-3H3,(H,18,21)(H,19,22). The highest BCUT2D eigenvalue weighted by Crippen LogP contribution is 2.20. The van der Waals surface area contributed by atoms with Crippen LogP contribution in [0.4, 0.5) is 0 Å². The second-order valence-corrected chi connectivity index (χ2v) is 6.25. The Hall–Kier alpha value is -1.30. The number of hydrogen-bond acceptors (Lipinski definition) is 3. The molecule has 0 aliphatic rings. The molecule has 0 unspecified atom stereocenters. The van der Waals surface area contributed by atoms with Crippen LogP contribution in [-0.4, -0.2) is 42.9 Å². The van der Waals surface area contributed by atoms with Crippen LogP contribution in [0.1, 0.15) is 19.4 Å². The minimum Gasteiger partial charge on any atom is -0.353 e. The van der Waals surface area contributed by atoms with E-state index in [-0.39, 0.29) is 30.9 Å². The summed E-state index contributed by atoms with van der Waals surface area (Å²) in [6, 6.07) is 5.21. The van der Waals surface area contributed by atoms with Gasteiger partial charge in [0.15, 0.2) is 0 Å². The number of hydrogen-bond donors (Lipinski definition) is 2. The Morgan fingerprint density at radius 3 is 2.41 bits per heavy atom. The topological polar surface area (TPSA) is 61.4 Å². The van der Waals surface area contributed by atoms with Gasteiger partial charge in [0.2, 0.25) is 11.8 Å². The van der Waals surface area contributed by atoms with Gasteiger partial charge < -0.3 is 10.6 Å². The van der Waals surface area contributed by atoms with Gasteiger partial charge in [-0.1, -0.05) is 29.3 Å². The molecule has 0 aliphatic heterocycles. The molecular weight excluding hydrogens is 325 g/mol. The maximum Gasteiger partial charge on any atom is 0.234 e. The molecule has 1 rings (SSSR count). The van der Waals surface area contributed by atoms with Crippen LogP contribution >= 0.6 is 23.2 Å². The number of amides is 2. The molecule has 0 atom stereocenters. The summed E-state index contributed by atoms with van der Waals surface area (Å²) in [5, 5.41) is 6.60. The Labute approximate surface area is 141 Å². The second-order valence-electron chi connectivity index (χ2n) is 5.41. The minimum atomic E-state index is -0.175. The highest BCUT2D eigenvalue weighted by atomic mass is 35.5. The Morgan fingerprint density at radius 2 is 1.82 bits per heavy atom. The van der Waals surface area contributed by atoms with Gasteiger partial charge in [-0.15, -0.1) is 0 Å². The Kier molecular flexibility index (Phi) is 7.65. The molecule has 0 fully saturated rings. The lowest BCUT2D eigenvalue weighted by atomic mass is 10.2. The van der Waals surface area contributed by atoms with Crippen molar-refractivity contribution in [1.82, 2.24) is 15.5 Å². The molecule has 7 heteroatoms.